The number of pyridine rings is 1. The summed E-state index contributed by atoms with van der Waals surface area (Å²) in [6.07, 6.45) is 7.37. The SMILES string of the molecule is CC(Nc1ncnc2[nH]cc(-c3cnn(C)c3)c12)c1cccc(N2C[C@@H](C)N[C@@H](C)C2)n1. The Morgan fingerprint density at radius 1 is 1.16 bits per heavy atom. The number of hydrogen-bond acceptors (Lipinski definition) is 7. The second-order valence-electron chi connectivity index (χ2n) is 8.71. The number of aryl methyl sites for hydroxylation is 1. The summed E-state index contributed by atoms with van der Waals surface area (Å²) in [5.41, 5.74) is 3.81. The minimum atomic E-state index is -0.0255. The van der Waals surface area contributed by atoms with Gasteiger partial charge in [-0.1, -0.05) is 6.07 Å². The van der Waals surface area contributed by atoms with Crippen molar-refractivity contribution in [3.05, 3.63) is 48.8 Å². The van der Waals surface area contributed by atoms with Crippen molar-refractivity contribution in [3.8, 4) is 11.1 Å². The topological polar surface area (TPSA) is 99.6 Å². The van der Waals surface area contributed by atoms with Gasteiger partial charge in [0, 0.05) is 55.7 Å². The first-order chi connectivity index (χ1) is 15.5. The van der Waals surface area contributed by atoms with Gasteiger partial charge in [0.1, 0.15) is 23.6 Å². The number of H-pyrrole nitrogens is 1. The smallest absolute Gasteiger partial charge is 0.143 e. The lowest BCUT2D eigenvalue weighted by Crippen LogP contribution is -2.54. The first kappa shape index (κ1) is 20.4. The third-order valence-corrected chi connectivity index (χ3v) is 5.92. The average Bonchev–Trinajstić information content (AvgIpc) is 3.40. The summed E-state index contributed by atoms with van der Waals surface area (Å²) in [7, 11) is 1.91. The van der Waals surface area contributed by atoms with E-state index in [4.69, 9.17) is 4.98 Å². The van der Waals surface area contributed by atoms with Crippen LogP contribution in [0.15, 0.2) is 43.1 Å². The van der Waals surface area contributed by atoms with E-state index in [1.54, 1.807) is 11.0 Å². The zero-order valence-electron chi connectivity index (χ0n) is 18.9. The Morgan fingerprint density at radius 3 is 2.72 bits per heavy atom. The molecule has 9 heteroatoms. The maximum absolute atomic E-state index is 4.98. The average molecular weight is 432 g/mol. The molecule has 1 unspecified atom stereocenters. The van der Waals surface area contributed by atoms with E-state index in [1.807, 2.05) is 25.6 Å². The van der Waals surface area contributed by atoms with Crippen LogP contribution in [0.2, 0.25) is 0 Å². The maximum atomic E-state index is 4.98. The molecule has 3 atom stereocenters. The molecule has 3 N–H and O–H groups in total. The van der Waals surface area contributed by atoms with E-state index in [0.29, 0.717) is 12.1 Å². The van der Waals surface area contributed by atoms with Crippen molar-refractivity contribution in [2.75, 3.05) is 23.3 Å². The molecule has 4 aromatic heterocycles. The van der Waals surface area contributed by atoms with Crippen LogP contribution in [0, 0.1) is 0 Å². The Bertz CT molecular complexity index is 1220. The highest BCUT2D eigenvalue weighted by Crippen LogP contribution is 2.33. The second-order valence-corrected chi connectivity index (χ2v) is 8.71. The normalized spacial score (nSPS) is 19.9. The van der Waals surface area contributed by atoms with Gasteiger partial charge >= 0.3 is 0 Å². The molecular weight excluding hydrogens is 402 g/mol. The number of nitrogens with one attached hydrogen (secondary N) is 3. The van der Waals surface area contributed by atoms with Crippen LogP contribution in [0.25, 0.3) is 22.2 Å². The van der Waals surface area contributed by atoms with E-state index in [1.165, 1.54) is 0 Å². The van der Waals surface area contributed by atoms with Gasteiger partial charge in [-0.2, -0.15) is 5.10 Å². The quantitative estimate of drug-likeness (QED) is 0.446. The van der Waals surface area contributed by atoms with Crippen molar-refractivity contribution in [2.24, 2.45) is 7.05 Å². The molecule has 5 rings (SSSR count). The first-order valence-corrected chi connectivity index (χ1v) is 11.0. The van der Waals surface area contributed by atoms with E-state index in [0.717, 1.165) is 52.6 Å². The number of aromatic amines is 1. The van der Waals surface area contributed by atoms with Crippen LogP contribution >= 0.6 is 0 Å². The summed E-state index contributed by atoms with van der Waals surface area (Å²) >= 11 is 0. The molecule has 1 aliphatic rings. The number of piperazine rings is 1. The van der Waals surface area contributed by atoms with Crippen LogP contribution in [0.4, 0.5) is 11.6 Å². The number of anilines is 2. The molecule has 166 valence electrons. The lowest BCUT2D eigenvalue weighted by molar-refractivity contribution is 0.405. The lowest BCUT2D eigenvalue weighted by atomic mass is 10.1. The lowest BCUT2D eigenvalue weighted by Gasteiger charge is -2.37. The number of nitrogens with zero attached hydrogens (tertiary/aromatic N) is 6. The Labute approximate surface area is 187 Å². The minimum Gasteiger partial charge on any atom is -0.361 e. The summed E-state index contributed by atoms with van der Waals surface area (Å²) in [5.74, 6) is 1.79. The molecule has 0 radical (unpaired) electrons. The van der Waals surface area contributed by atoms with Crippen LogP contribution in [-0.2, 0) is 7.05 Å². The van der Waals surface area contributed by atoms with Crippen LogP contribution in [0.3, 0.4) is 0 Å². The molecule has 0 spiro atoms. The van der Waals surface area contributed by atoms with E-state index in [-0.39, 0.29) is 6.04 Å². The van der Waals surface area contributed by atoms with Gasteiger partial charge in [-0.15, -0.1) is 0 Å². The first-order valence-electron chi connectivity index (χ1n) is 11.0. The predicted molar refractivity (Wildman–Crippen MR) is 127 cm³/mol. The summed E-state index contributed by atoms with van der Waals surface area (Å²) in [4.78, 5) is 19.6. The zero-order chi connectivity index (χ0) is 22.2. The molecule has 5 heterocycles. The molecule has 1 aliphatic heterocycles. The van der Waals surface area contributed by atoms with Crippen molar-refractivity contribution in [3.63, 3.8) is 0 Å². The predicted octanol–water partition coefficient (Wildman–Crippen LogP) is 3.11. The van der Waals surface area contributed by atoms with Gasteiger partial charge in [0.2, 0.25) is 0 Å². The van der Waals surface area contributed by atoms with E-state index < -0.39 is 0 Å². The maximum Gasteiger partial charge on any atom is 0.143 e. The fourth-order valence-electron chi connectivity index (χ4n) is 4.51. The van der Waals surface area contributed by atoms with Crippen LogP contribution in [0.5, 0.6) is 0 Å². The Hall–Kier alpha value is -3.46. The van der Waals surface area contributed by atoms with Gasteiger partial charge in [-0.3, -0.25) is 4.68 Å². The van der Waals surface area contributed by atoms with Crippen LogP contribution in [-0.4, -0.2) is 54.9 Å². The van der Waals surface area contributed by atoms with Crippen LogP contribution < -0.4 is 15.5 Å². The molecule has 32 heavy (non-hydrogen) atoms. The number of aromatic nitrogens is 6. The van der Waals surface area contributed by atoms with Crippen LogP contribution in [0.1, 0.15) is 32.5 Å². The fourth-order valence-corrected chi connectivity index (χ4v) is 4.51. The molecule has 1 saturated heterocycles. The molecular formula is C23H29N9. The largest absolute Gasteiger partial charge is 0.361 e. The molecule has 9 nitrogen and oxygen atoms in total. The highest BCUT2D eigenvalue weighted by atomic mass is 15.3. The van der Waals surface area contributed by atoms with Crippen molar-refractivity contribution in [1.29, 1.82) is 0 Å². The summed E-state index contributed by atoms with van der Waals surface area (Å²) < 4.78 is 1.79. The number of hydrogen-bond donors (Lipinski definition) is 3. The van der Waals surface area contributed by atoms with E-state index in [2.05, 4.69) is 74.6 Å². The Kier molecular flexibility index (Phi) is 5.26. The van der Waals surface area contributed by atoms with E-state index in [9.17, 15) is 0 Å². The van der Waals surface area contributed by atoms with Gasteiger partial charge in [-0.25, -0.2) is 15.0 Å². The summed E-state index contributed by atoms with van der Waals surface area (Å²) in [6.45, 7) is 8.45. The third-order valence-electron chi connectivity index (χ3n) is 5.92. The molecule has 4 aromatic rings. The van der Waals surface area contributed by atoms with Gasteiger partial charge in [0.05, 0.1) is 23.3 Å². The summed E-state index contributed by atoms with van der Waals surface area (Å²) in [6, 6.07) is 7.09. The number of fused-ring (bicyclic) bond motifs is 1. The summed E-state index contributed by atoms with van der Waals surface area (Å²) in [5, 5.41) is 12.4. The van der Waals surface area contributed by atoms with Crippen molar-refractivity contribution >= 4 is 22.7 Å². The van der Waals surface area contributed by atoms with Crippen molar-refractivity contribution < 1.29 is 0 Å². The van der Waals surface area contributed by atoms with Gasteiger partial charge in [0.15, 0.2) is 0 Å². The highest BCUT2D eigenvalue weighted by Gasteiger charge is 2.23. The fraction of sp³-hybridized carbons (Fsp3) is 0.391. The minimum absolute atomic E-state index is 0.0255. The highest BCUT2D eigenvalue weighted by molar-refractivity contribution is 6.00. The molecule has 0 bridgehead atoms. The third kappa shape index (κ3) is 3.91. The molecule has 0 aliphatic carbocycles. The molecule has 0 aromatic carbocycles. The van der Waals surface area contributed by atoms with Gasteiger partial charge in [0.25, 0.3) is 0 Å². The second kappa shape index (κ2) is 8.23. The molecule has 0 amide bonds. The Balaban J connectivity index is 1.43. The van der Waals surface area contributed by atoms with Gasteiger partial charge in [-0.05, 0) is 32.9 Å². The Morgan fingerprint density at radius 2 is 1.97 bits per heavy atom. The van der Waals surface area contributed by atoms with Crippen molar-refractivity contribution in [2.45, 2.75) is 38.9 Å². The zero-order valence-corrected chi connectivity index (χ0v) is 18.9. The van der Waals surface area contributed by atoms with Gasteiger partial charge < -0.3 is 20.5 Å². The monoisotopic (exact) mass is 431 g/mol. The van der Waals surface area contributed by atoms with E-state index >= 15 is 0 Å². The van der Waals surface area contributed by atoms with Crippen molar-refractivity contribution in [1.82, 2.24) is 35.0 Å². The standard InChI is InChI=1S/C23H29N9/c1-14-10-32(11-15(2)28-14)20-7-5-6-19(30-20)16(3)29-23-21-18(17-8-27-31(4)12-17)9-24-22(21)25-13-26-23/h5-9,12-16,28H,10-11H2,1-4H3,(H2,24,25,26,29)/t14-,15+,16?. The number of rotatable bonds is 5. The molecule has 0 saturated carbocycles. The molecule has 1 fully saturated rings.